The van der Waals surface area contributed by atoms with Crippen LogP contribution in [-0.2, 0) is 4.79 Å². The van der Waals surface area contributed by atoms with Crippen LogP contribution in [0.4, 0.5) is 5.82 Å². The van der Waals surface area contributed by atoms with Crippen LogP contribution in [0.5, 0.6) is 0 Å². The second kappa shape index (κ2) is 5.82. The molecule has 1 aromatic rings. The SMILES string of the molecule is Cc1nc(Cl)cc(N[C@@H](CC(C)C)C(=O)O)n1. The zero-order chi connectivity index (χ0) is 13.0. The zero-order valence-corrected chi connectivity index (χ0v) is 10.8. The largest absolute Gasteiger partial charge is 0.480 e. The molecule has 6 heteroatoms. The number of carboxylic acid groups (broad SMARTS) is 1. The number of halogens is 1. The van der Waals surface area contributed by atoms with Gasteiger partial charge < -0.3 is 10.4 Å². The van der Waals surface area contributed by atoms with E-state index in [0.29, 0.717) is 23.2 Å². The van der Waals surface area contributed by atoms with E-state index >= 15 is 0 Å². The van der Waals surface area contributed by atoms with Gasteiger partial charge in [0.2, 0.25) is 0 Å². The highest BCUT2D eigenvalue weighted by molar-refractivity contribution is 6.29. The van der Waals surface area contributed by atoms with E-state index in [-0.39, 0.29) is 5.92 Å². The number of hydrogen-bond acceptors (Lipinski definition) is 4. The molecule has 0 unspecified atom stereocenters. The van der Waals surface area contributed by atoms with E-state index in [1.54, 1.807) is 6.92 Å². The number of aliphatic carboxylic acids is 1. The summed E-state index contributed by atoms with van der Waals surface area (Å²) in [7, 11) is 0. The van der Waals surface area contributed by atoms with Crippen molar-refractivity contribution in [3.63, 3.8) is 0 Å². The van der Waals surface area contributed by atoms with Crippen molar-refractivity contribution in [3.05, 3.63) is 17.0 Å². The number of anilines is 1. The van der Waals surface area contributed by atoms with Crippen LogP contribution >= 0.6 is 11.6 Å². The first kappa shape index (κ1) is 13.7. The number of nitrogens with one attached hydrogen (secondary N) is 1. The van der Waals surface area contributed by atoms with Crippen molar-refractivity contribution in [2.45, 2.75) is 33.2 Å². The summed E-state index contributed by atoms with van der Waals surface area (Å²) in [5, 5.41) is 12.2. The Bertz CT molecular complexity index is 389. The molecule has 0 spiro atoms. The van der Waals surface area contributed by atoms with Gasteiger partial charge in [-0.15, -0.1) is 0 Å². The molecule has 0 saturated heterocycles. The van der Waals surface area contributed by atoms with E-state index in [1.807, 2.05) is 13.8 Å². The minimum Gasteiger partial charge on any atom is -0.480 e. The molecule has 0 aliphatic carbocycles. The molecule has 0 radical (unpaired) electrons. The summed E-state index contributed by atoms with van der Waals surface area (Å²) in [6.07, 6.45) is 0.524. The molecule has 0 aromatic carbocycles. The molecular formula is C11H16ClN3O2. The van der Waals surface area contributed by atoms with Gasteiger partial charge in [0.15, 0.2) is 0 Å². The Morgan fingerprint density at radius 3 is 2.65 bits per heavy atom. The maximum Gasteiger partial charge on any atom is 0.326 e. The molecule has 0 amide bonds. The van der Waals surface area contributed by atoms with Gasteiger partial charge in [0, 0.05) is 6.07 Å². The average molecular weight is 258 g/mol. The Labute approximate surface area is 105 Å². The number of aromatic nitrogens is 2. The van der Waals surface area contributed by atoms with Crippen molar-refractivity contribution in [1.29, 1.82) is 0 Å². The fraction of sp³-hybridized carbons (Fsp3) is 0.545. The molecule has 0 aliphatic heterocycles. The Balaban J connectivity index is 2.82. The molecule has 1 heterocycles. The molecule has 0 bridgehead atoms. The van der Waals surface area contributed by atoms with Crippen molar-refractivity contribution < 1.29 is 9.90 Å². The van der Waals surface area contributed by atoms with Gasteiger partial charge in [-0.25, -0.2) is 14.8 Å². The van der Waals surface area contributed by atoms with Crippen LogP contribution in [0.15, 0.2) is 6.07 Å². The lowest BCUT2D eigenvalue weighted by molar-refractivity contribution is -0.138. The van der Waals surface area contributed by atoms with E-state index in [9.17, 15) is 4.79 Å². The van der Waals surface area contributed by atoms with Crippen LogP contribution < -0.4 is 5.32 Å². The van der Waals surface area contributed by atoms with Gasteiger partial charge in [0.1, 0.15) is 22.8 Å². The zero-order valence-electron chi connectivity index (χ0n) is 10.1. The summed E-state index contributed by atoms with van der Waals surface area (Å²) in [5.41, 5.74) is 0. The summed E-state index contributed by atoms with van der Waals surface area (Å²) < 4.78 is 0. The first-order chi connectivity index (χ1) is 7.88. The minimum atomic E-state index is -0.897. The molecule has 0 saturated carbocycles. The second-order valence-corrected chi connectivity index (χ2v) is 4.68. The fourth-order valence-electron chi connectivity index (χ4n) is 1.48. The monoisotopic (exact) mass is 257 g/mol. The predicted octanol–water partition coefficient (Wildman–Crippen LogP) is 2.35. The number of rotatable bonds is 5. The molecule has 1 atom stereocenters. The molecule has 17 heavy (non-hydrogen) atoms. The maximum absolute atomic E-state index is 11.1. The minimum absolute atomic E-state index is 0.280. The maximum atomic E-state index is 11.1. The number of carboxylic acids is 1. The second-order valence-electron chi connectivity index (χ2n) is 4.29. The van der Waals surface area contributed by atoms with Gasteiger partial charge in [-0.2, -0.15) is 0 Å². The third-order valence-corrected chi connectivity index (χ3v) is 2.33. The normalized spacial score (nSPS) is 12.5. The van der Waals surface area contributed by atoms with Gasteiger partial charge in [-0.1, -0.05) is 25.4 Å². The quantitative estimate of drug-likeness (QED) is 0.792. The van der Waals surface area contributed by atoms with Crippen molar-refractivity contribution in [2.24, 2.45) is 5.92 Å². The third-order valence-electron chi connectivity index (χ3n) is 2.13. The van der Waals surface area contributed by atoms with Crippen molar-refractivity contribution >= 4 is 23.4 Å². The third kappa shape index (κ3) is 4.56. The van der Waals surface area contributed by atoms with Crippen LogP contribution in [0, 0.1) is 12.8 Å². The highest BCUT2D eigenvalue weighted by Crippen LogP contribution is 2.15. The van der Waals surface area contributed by atoms with Gasteiger partial charge in [0.05, 0.1) is 0 Å². The summed E-state index contributed by atoms with van der Waals surface area (Å²) in [6.45, 7) is 5.64. The number of hydrogen-bond donors (Lipinski definition) is 2. The summed E-state index contributed by atoms with van der Waals surface area (Å²) in [5.74, 6) is 0.331. The topological polar surface area (TPSA) is 75.1 Å². The van der Waals surface area contributed by atoms with Crippen LogP contribution in [0.3, 0.4) is 0 Å². The molecule has 94 valence electrons. The highest BCUT2D eigenvalue weighted by Gasteiger charge is 2.19. The number of aryl methyl sites for hydroxylation is 1. The van der Waals surface area contributed by atoms with Gasteiger partial charge >= 0.3 is 5.97 Å². The summed E-state index contributed by atoms with van der Waals surface area (Å²) >= 11 is 5.78. The summed E-state index contributed by atoms with van der Waals surface area (Å²) in [4.78, 5) is 19.1. The number of nitrogens with zero attached hydrogens (tertiary/aromatic N) is 2. The Morgan fingerprint density at radius 1 is 1.53 bits per heavy atom. The lowest BCUT2D eigenvalue weighted by Crippen LogP contribution is -2.31. The van der Waals surface area contributed by atoms with Crippen LogP contribution in [-0.4, -0.2) is 27.1 Å². The van der Waals surface area contributed by atoms with E-state index in [1.165, 1.54) is 6.07 Å². The smallest absolute Gasteiger partial charge is 0.326 e. The Kier molecular flexibility index (Phi) is 4.69. The predicted molar refractivity (Wildman–Crippen MR) is 66.3 cm³/mol. The van der Waals surface area contributed by atoms with Gasteiger partial charge in [-0.3, -0.25) is 0 Å². The van der Waals surface area contributed by atoms with Crippen molar-refractivity contribution in [3.8, 4) is 0 Å². The Morgan fingerprint density at radius 2 is 2.18 bits per heavy atom. The molecule has 5 nitrogen and oxygen atoms in total. The lowest BCUT2D eigenvalue weighted by atomic mass is 10.0. The average Bonchev–Trinajstić information content (AvgIpc) is 2.13. The lowest BCUT2D eigenvalue weighted by Gasteiger charge is -2.17. The number of carbonyl (C=O) groups is 1. The fourth-order valence-corrected chi connectivity index (χ4v) is 1.70. The molecule has 1 aromatic heterocycles. The van der Waals surface area contributed by atoms with Crippen LogP contribution in [0.1, 0.15) is 26.1 Å². The van der Waals surface area contributed by atoms with Crippen molar-refractivity contribution in [2.75, 3.05) is 5.32 Å². The molecule has 0 aliphatic rings. The molecule has 0 fully saturated rings. The first-order valence-electron chi connectivity index (χ1n) is 5.39. The van der Waals surface area contributed by atoms with Gasteiger partial charge in [0.25, 0.3) is 0 Å². The highest BCUT2D eigenvalue weighted by atomic mass is 35.5. The van der Waals surface area contributed by atoms with Gasteiger partial charge in [-0.05, 0) is 19.3 Å². The van der Waals surface area contributed by atoms with E-state index in [4.69, 9.17) is 16.7 Å². The van der Waals surface area contributed by atoms with E-state index < -0.39 is 12.0 Å². The summed E-state index contributed by atoms with van der Waals surface area (Å²) in [6, 6.07) is 0.852. The Hall–Kier alpha value is -1.36. The van der Waals surface area contributed by atoms with Crippen LogP contribution in [0.2, 0.25) is 5.15 Å². The van der Waals surface area contributed by atoms with Crippen molar-refractivity contribution in [1.82, 2.24) is 9.97 Å². The standard InChI is InChI=1S/C11H16ClN3O2/c1-6(2)4-8(11(16)17)15-10-5-9(12)13-7(3)14-10/h5-6,8H,4H2,1-3H3,(H,16,17)(H,13,14,15)/t8-/m0/s1. The van der Waals surface area contributed by atoms with Crippen LogP contribution in [0.25, 0.3) is 0 Å². The molecular weight excluding hydrogens is 242 g/mol. The first-order valence-corrected chi connectivity index (χ1v) is 5.77. The van der Waals surface area contributed by atoms with E-state index in [0.717, 1.165) is 0 Å². The molecule has 1 rings (SSSR count). The molecule has 2 N–H and O–H groups in total. The van der Waals surface area contributed by atoms with E-state index in [2.05, 4.69) is 15.3 Å².